The summed E-state index contributed by atoms with van der Waals surface area (Å²) in [4.78, 5) is 29.1. The van der Waals surface area contributed by atoms with Gasteiger partial charge in [0.15, 0.2) is 5.76 Å². The number of rotatable bonds is 8. The second-order valence-electron chi connectivity index (χ2n) is 7.56. The predicted octanol–water partition coefficient (Wildman–Crippen LogP) is 5.36. The van der Waals surface area contributed by atoms with E-state index in [1.54, 1.807) is 50.4 Å². The van der Waals surface area contributed by atoms with Crippen molar-refractivity contribution in [1.29, 1.82) is 0 Å². The molecule has 4 aromatic rings. The Morgan fingerprint density at radius 2 is 1.83 bits per heavy atom. The van der Waals surface area contributed by atoms with Gasteiger partial charge in [0, 0.05) is 23.4 Å². The summed E-state index contributed by atoms with van der Waals surface area (Å²) in [5.41, 5.74) is 1.58. The van der Waals surface area contributed by atoms with Crippen LogP contribution < -0.4 is 10.6 Å². The van der Waals surface area contributed by atoms with Crippen LogP contribution in [0, 0.1) is 12.7 Å². The molecule has 8 nitrogen and oxygen atoms in total. The first-order valence-corrected chi connectivity index (χ1v) is 10.9. The van der Waals surface area contributed by atoms with E-state index in [0.717, 1.165) is 6.07 Å². The molecule has 2 aromatic carbocycles. The van der Waals surface area contributed by atoms with E-state index < -0.39 is 11.7 Å². The van der Waals surface area contributed by atoms with Gasteiger partial charge in [-0.3, -0.25) is 9.59 Å². The lowest BCUT2D eigenvalue weighted by Crippen LogP contribution is -2.24. The van der Waals surface area contributed by atoms with E-state index >= 15 is 0 Å². The first-order chi connectivity index (χ1) is 16.8. The number of oxazole rings is 1. The molecule has 2 N–H and O–H groups in total. The second-order valence-corrected chi connectivity index (χ2v) is 8.00. The van der Waals surface area contributed by atoms with Crippen molar-refractivity contribution in [3.05, 3.63) is 94.0 Å². The Morgan fingerprint density at radius 3 is 2.57 bits per heavy atom. The van der Waals surface area contributed by atoms with Crippen LogP contribution >= 0.6 is 11.6 Å². The van der Waals surface area contributed by atoms with Crippen LogP contribution in [0.15, 0.2) is 63.4 Å². The molecule has 0 saturated carbocycles. The quantitative estimate of drug-likeness (QED) is 0.339. The van der Waals surface area contributed by atoms with E-state index in [0.29, 0.717) is 34.4 Å². The monoisotopic (exact) mass is 497 g/mol. The standard InChI is InChI=1S/C25H21ClFN3O5/c1-14-21(12-28-23(31)19-11-16(26)5-9-20(19)27)30-25(34-14)15-3-6-17(7-4-15)29-24(32)22-10-8-18(35-22)13-33-2/h3-11H,12-13H2,1-2H3,(H,28,31)(H,29,32). The van der Waals surface area contributed by atoms with E-state index in [4.69, 9.17) is 25.2 Å². The van der Waals surface area contributed by atoms with E-state index in [1.807, 2.05) is 0 Å². The summed E-state index contributed by atoms with van der Waals surface area (Å²) in [6, 6.07) is 13.9. The fraction of sp³-hybridized carbons (Fsp3) is 0.160. The van der Waals surface area contributed by atoms with Gasteiger partial charge in [0.1, 0.15) is 29.6 Å². The van der Waals surface area contributed by atoms with Crippen molar-refractivity contribution in [2.75, 3.05) is 12.4 Å². The number of carbonyl (C=O) groups is 2. The number of nitrogens with one attached hydrogen (secondary N) is 2. The lowest BCUT2D eigenvalue weighted by Gasteiger charge is -2.05. The van der Waals surface area contributed by atoms with Gasteiger partial charge in [0.25, 0.3) is 11.8 Å². The number of ether oxygens (including phenoxy) is 1. The Kier molecular flexibility index (Phi) is 7.28. The van der Waals surface area contributed by atoms with Crippen LogP contribution in [0.3, 0.4) is 0 Å². The van der Waals surface area contributed by atoms with E-state index in [2.05, 4.69) is 15.6 Å². The van der Waals surface area contributed by atoms with Crippen molar-refractivity contribution in [3.8, 4) is 11.5 Å². The summed E-state index contributed by atoms with van der Waals surface area (Å²) < 4.78 is 30.0. The molecule has 0 unspecified atom stereocenters. The van der Waals surface area contributed by atoms with E-state index in [1.165, 1.54) is 12.1 Å². The zero-order valence-corrected chi connectivity index (χ0v) is 19.6. The number of nitrogens with zero attached hydrogens (tertiary/aromatic N) is 1. The topological polar surface area (TPSA) is 107 Å². The number of carbonyl (C=O) groups excluding carboxylic acids is 2. The van der Waals surface area contributed by atoms with Crippen molar-refractivity contribution >= 4 is 29.1 Å². The summed E-state index contributed by atoms with van der Waals surface area (Å²) in [5, 5.41) is 5.63. The Bertz CT molecular complexity index is 1360. The summed E-state index contributed by atoms with van der Waals surface area (Å²) in [5.74, 6) is -0.0891. The zero-order valence-electron chi connectivity index (χ0n) is 18.9. The molecular weight excluding hydrogens is 477 g/mol. The molecule has 180 valence electrons. The van der Waals surface area contributed by atoms with Crippen LogP contribution in [-0.2, 0) is 17.9 Å². The molecule has 0 bridgehead atoms. The minimum atomic E-state index is -0.667. The molecule has 2 heterocycles. The highest BCUT2D eigenvalue weighted by atomic mass is 35.5. The third-order valence-electron chi connectivity index (χ3n) is 5.04. The van der Waals surface area contributed by atoms with Crippen molar-refractivity contribution in [3.63, 3.8) is 0 Å². The number of amides is 2. The average molecular weight is 498 g/mol. The zero-order chi connectivity index (χ0) is 24.9. The SMILES string of the molecule is COCc1ccc(C(=O)Nc2ccc(-c3nc(CNC(=O)c4cc(Cl)ccc4F)c(C)o3)cc2)o1. The summed E-state index contributed by atoms with van der Waals surface area (Å²) in [6.07, 6.45) is 0. The number of aryl methyl sites for hydroxylation is 1. The largest absolute Gasteiger partial charge is 0.453 e. The molecule has 0 radical (unpaired) electrons. The third-order valence-corrected chi connectivity index (χ3v) is 5.28. The number of hydrogen-bond acceptors (Lipinski definition) is 6. The maximum Gasteiger partial charge on any atom is 0.291 e. The van der Waals surface area contributed by atoms with Gasteiger partial charge in [-0.2, -0.15) is 0 Å². The smallest absolute Gasteiger partial charge is 0.291 e. The lowest BCUT2D eigenvalue weighted by atomic mass is 10.2. The Hall–Kier alpha value is -3.95. The number of methoxy groups -OCH3 is 1. The number of furan rings is 1. The molecule has 0 spiro atoms. The van der Waals surface area contributed by atoms with E-state index in [9.17, 15) is 14.0 Å². The van der Waals surface area contributed by atoms with Crippen molar-refractivity contribution < 1.29 is 27.6 Å². The molecule has 0 fully saturated rings. The third kappa shape index (κ3) is 5.76. The first-order valence-electron chi connectivity index (χ1n) is 10.5. The minimum Gasteiger partial charge on any atom is -0.453 e. The number of hydrogen-bond donors (Lipinski definition) is 2. The van der Waals surface area contributed by atoms with Gasteiger partial charge >= 0.3 is 0 Å². The summed E-state index contributed by atoms with van der Waals surface area (Å²) >= 11 is 5.85. The van der Waals surface area contributed by atoms with Crippen molar-refractivity contribution in [1.82, 2.24) is 10.3 Å². The second kappa shape index (κ2) is 10.5. The molecular formula is C25H21ClFN3O5. The summed E-state index contributed by atoms with van der Waals surface area (Å²) in [7, 11) is 1.54. The Labute approximate surface area is 205 Å². The lowest BCUT2D eigenvalue weighted by molar-refractivity contribution is 0.0945. The molecule has 4 rings (SSSR count). The normalized spacial score (nSPS) is 10.9. The highest BCUT2D eigenvalue weighted by Gasteiger charge is 2.16. The van der Waals surface area contributed by atoms with E-state index in [-0.39, 0.29) is 35.4 Å². The van der Waals surface area contributed by atoms with Gasteiger partial charge in [-0.1, -0.05) is 11.6 Å². The average Bonchev–Trinajstić information content (AvgIpc) is 3.46. The Morgan fingerprint density at radius 1 is 1.06 bits per heavy atom. The van der Waals surface area contributed by atoms with Crippen LogP contribution in [0.25, 0.3) is 11.5 Å². The fourth-order valence-corrected chi connectivity index (χ4v) is 3.43. The van der Waals surface area contributed by atoms with Gasteiger partial charge in [0.2, 0.25) is 5.89 Å². The van der Waals surface area contributed by atoms with Gasteiger partial charge in [-0.15, -0.1) is 0 Å². The van der Waals surface area contributed by atoms with Crippen LogP contribution in [-0.4, -0.2) is 23.9 Å². The van der Waals surface area contributed by atoms with Crippen LogP contribution in [0.5, 0.6) is 0 Å². The molecule has 0 saturated heterocycles. The maximum absolute atomic E-state index is 13.9. The first kappa shape index (κ1) is 24.2. The van der Waals surface area contributed by atoms with Crippen LogP contribution in [0.2, 0.25) is 5.02 Å². The fourth-order valence-electron chi connectivity index (χ4n) is 3.25. The number of benzene rings is 2. The highest BCUT2D eigenvalue weighted by molar-refractivity contribution is 6.31. The van der Waals surface area contributed by atoms with Gasteiger partial charge < -0.3 is 24.2 Å². The molecule has 2 amide bonds. The molecule has 35 heavy (non-hydrogen) atoms. The highest BCUT2D eigenvalue weighted by Crippen LogP contribution is 2.24. The number of anilines is 1. The molecule has 0 atom stereocenters. The number of halogens is 2. The predicted molar refractivity (Wildman–Crippen MR) is 127 cm³/mol. The molecule has 0 aliphatic heterocycles. The minimum absolute atomic E-state index is 0.0441. The van der Waals surface area contributed by atoms with Gasteiger partial charge in [-0.25, -0.2) is 9.37 Å². The molecule has 10 heteroatoms. The van der Waals surface area contributed by atoms with Crippen molar-refractivity contribution in [2.24, 2.45) is 0 Å². The Balaban J connectivity index is 1.39. The molecule has 0 aliphatic carbocycles. The van der Waals surface area contributed by atoms with Crippen LogP contribution in [0.1, 0.15) is 38.1 Å². The summed E-state index contributed by atoms with van der Waals surface area (Å²) in [6.45, 7) is 2.04. The maximum atomic E-state index is 13.9. The number of aromatic nitrogens is 1. The van der Waals surface area contributed by atoms with Crippen molar-refractivity contribution in [2.45, 2.75) is 20.1 Å². The molecule has 0 aliphatic rings. The molecule has 2 aromatic heterocycles. The van der Waals surface area contributed by atoms with Gasteiger partial charge in [0.05, 0.1) is 12.1 Å². The van der Waals surface area contributed by atoms with Gasteiger partial charge in [-0.05, 0) is 61.5 Å². The van der Waals surface area contributed by atoms with Crippen LogP contribution in [0.4, 0.5) is 10.1 Å².